The lowest BCUT2D eigenvalue weighted by molar-refractivity contribution is 0.123. The Morgan fingerprint density at radius 1 is 1.35 bits per heavy atom. The molecule has 0 aliphatic heterocycles. The first-order valence-electron chi connectivity index (χ1n) is 8.65. The van der Waals surface area contributed by atoms with Gasteiger partial charge in [0, 0.05) is 12.6 Å². The highest BCUT2D eigenvalue weighted by Crippen LogP contribution is 2.65. The van der Waals surface area contributed by atoms with E-state index in [-0.39, 0.29) is 23.2 Å². The second-order valence-corrected chi connectivity index (χ2v) is 7.98. The third kappa shape index (κ3) is 2.79. The molecular formula is C19H28N2O2. The summed E-state index contributed by atoms with van der Waals surface area (Å²) in [6, 6.07) is 7.37. The molecule has 4 nitrogen and oxygen atoms in total. The van der Waals surface area contributed by atoms with Crippen molar-refractivity contribution >= 4 is 6.03 Å². The van der Waals surface area contributed by atoms with Gasteiger partial charge in [-0.2, -0.15) is 0 Å². The van der Waals surface area contributed by atoms with Crippen molar-refractivity contribution in [1.29, 1.82) is 0 Å². The van der Waals surface area contributed by atoms with E-state index in [2.05, 4.69) is 31.4 Å². The van der Waals surface area contributed by atoms with Crippen LogP contribution in [-0.4, -0.2) is 23.7 Å². The Bertz CT molecular complexity index is 599. The number of hydrogen-bond acceptors (Lipinski definition) is 2. The largest absolute Gasteiger partial charge is 0.508 e. The zero-order chi connectivity index (χ0) is 16.7. The number of aromatic hydroxyl groups is 1. The summed E-state index contributed by atoms with van der Waals surface area (Å²) in [5.41, 5.74) is 1.55. The second kappa shape index (κ2) is 5.73. The van der Waals surface area contributed by atoms with E-state index in [1.165, 1.54) is 12.8 Å². The van der Waals surface area contributed by atoms with Crippen molar-refractivity contribution in [2.45, 2.75) is 52.5 Å². The van der Waals surface area contributed by atoms with Crippen LogP contribution in [0.2, 0.25) is 0 Å². The topological polar surface area (TPSA) is 61.4 Å². The summed E-state index contributed by atoms with van der Waals surface area (Å²) >= 11 is 0. The van der Waals surface area contributed by atoms with Crippen molar-refractivity contribution in [3.05, 3.63) is 29.8 Å². The average Bonchev–Trinajstić information content (AvgIpc) is 2.80. The maximum atomic E-state index is 12.2. The van der Waals surface area contributed by atoms with Gasteiger partial charge in [-0.1, -0.05) is 32.9 Å². The van der Waals surface area contributed by atoms with E-state index in [0.29, 0.717) is 12.0 Å². The first-order valence-corrected chi connectivity index (χ1v) is 8.65. The zero-order valence-electron chi connectivity index (χ0n) is 14.4. The van der Waals surface area contributed by atoms with Crippen molar-refractivity contribution < 1.29 is 9.90 Å². The van der Waals surface area contributed by atoms with Gasteiger partial charge >= 0.3 is 6.03 Å². The Morgan fingerprint density at radius 3 is 2.74 bits per heavy atom. The van der Waals surface area contributed by atoms with Crippen molar-refractivity contribution in [2.24, 2.45) is 16.7 Å². The molecule has 3 unspecified atom stereocenters. The highest BCUT2D eigenvalue weighted by molar-refractivity contribution is 5.74. The van der Waals surface area contributed by atoms with E-state index in [9.17, 15) is 9.90 Å². The lowest BCUT2D eigenvalue weighted by atomic mass is 9.69. The average molecular weight is 316 g/mol. The molecule has 2 saturated carbocycles. The van der Waals surface area contributed by atoms with Gasteiger partial charge in [0.15, 0.2) is 0 Å². The summed E-state index contributed by atoms with van der Waals surface area (Å²) in [5, 5.41) is 15.6. The van der Waals surface area contributed by atoms with E-state index in [1.807, 2.05) is 12.1 Å². The van der Waals surface area contributed by atoms with Crippen molar-refractivity contribution in [3.63, 3.8) is 0 Å². The monoisotopic (exact) mass is 316 g/mol. The van der Waals surface area contributed by atoms with E-state index < -0.39 is 0 Å². The highest BCUT2D eigenvalue weighted by atomic mass is 16.3. The van der Waals surface area contributed by atoms with E-state index in [1.54, 1.807) is 12.1 Å². The number of phenolic OH excluding ortho intramolecular Hbond substituents is 1. The number of carbonyl (C=O) groups is 1. The zero-order valence-corrected chi connectivity index (χ0v) is 14.4. The molecule has 3 rings (SSSR count). The standard InChI is InChI=1S/C19H28N2O2/c1-18(2)14-7-9-19(18,3)16(12-14)21-17(23)20-10-8-13-5-4-6-15(22)11-13/h4-6,11,14,16,22H,7-10,12H2,1-3H3,(H2,20,21,23). The minimum Gasteiger partial charge on any atom is -0.508 e. The number of urea groups is 1. The SMILES string of the molecule is CC1(C)C2CCC1(C)C(NC(=O)NCCc1cccc(O)c1)C2. The number of rotatable bonds is 4. The number of amides is 2. The molecule has 23 heavy (non-hydrogen) atoms. The molecule has 1 aromatic rings. The van der Waals surface area contributed by atoms with Gasteiger partial charge < -0.3 is 15.7 Å². The molecule has 0 saturated heterocycles. The van der Waals surface area contributed by atoms with E-state index in [0.717, 1.165) is 24.3 Å². The maximum Gasteiger partial charge on any atom is 0.315 e. The van der Waals surface area contributed by atoms with Crippen LogP contribution >= 0.6 is 0 Å². The van der Waals surface area contributed by atoms with Gasteiger partial charge in [0.2, 0.25) is 0 Å². The van der Waals surface area contributed by atoms with Crippen LogP contribution in [0.1, 0.15) is 45.6 Å². The number of nitrogens with one attached hydrogen (secondary N) is 2. The van der Waals surface area contributed by atoms with Crippen LogP contribution in [0.5, 0.6) is 5.75 Å². The Morgan fingerprint density at radius 2 is 2.13 bits per heavy atom. The van der Waals surface area contributed by atoms with E-state index >= 15 is 0 Å². The predicted octanol–water partition coefficient (Wildman–Crippen LogP) is 3.45. The molecule has 2 aliphatic rings. The second-order valence-electron chi connectivity index (χ2n) is 7.98. The van der Waals surface area contributed by atoms with Gasteiger partial charge in [-0.25, -0.2) is 4.79 Å². The van der Waals surface area contributed by atoms with Crippen LogP contribution in [0.15, 0.2) is 24.3 Å². The van der Waals surface area contributed by atoms with Gasteiger partial charge in [0.25, 0.3) is 0 Å². The van der Waals surface area contributed by atoms with Crippen molar-refractivity contribution in [3.8, 4) is 5.75 Å². The van der Waals surface area contributed by atoms with Crippen LogP contribution < -0.4 is 10.6 Å². The minimum atomic E-state index is -0.0697. The smallest absolute Gasteiger partial charge is 0.315 e. The fraction of sp³-hybridized carbons (Fsp3) is 0.632. The fourth-order valence-corrected chi connectivity index (χ4v) is 4.66. The summed E-state index contributed by atoms with van der Waals surface area (Å²) < 4.78 is 0. The summed E-state index contributed by atoms with van der Waals surface area (Å²) in [6.07, 6.45) is 4.32. The Balaban J connectivity index is 1.49. The van der Waals surface area contributed by atoms with Crippen LogP contribution in [0.25, 0.3) is 0 Å². The molecular weight excluding hydrogens is 288 g/mol. The van der Waals surface area contributed by atoms with Crippen LogP contribution in [0, 0.1) is 16.7 Å². The number of hydrogen-bond donors (Lipinski definition) is 3. The molecule has 2 fully saturated rings. The van der Waals surface area contributed by atoms with Gasteiger partial charge in [-0.3, -0.25) is 0 Å². The summed E-state index contributed by atoms with van der Waals surface area (Å²) in [7, 11) is 0. The quantitative estimate of drug-likeness (QED) is 0.797. The molecule has 2 aliphatic carbocycles. The molecule has 3 N–H and O–H groups in total. The van der Waals surface area contributed by atoms with Crippen LogP contribution in [-0.2, 0) is 6.42 Å². The first-order chi connectivity index (χ1) is 10.8. The lowest BCUT2D eigenvalue weighted by Crippen LogP contribution is -2.50. The number of benzene rings is 1. The molecule has 0 radical (unpaired) electrons. The molecule has 0 heterocycles. The summed E-state index contributed by atoms with van der Waals surface area (Å²) in [6.45, 7) is 7.61. The van der Waals surface area contributed by atoms with Crippen LogP contribution in [0.3, 0.4) is 0 Å². The third-order valence-electron chi connectivity index (χ3n) is 6.71. The lowest BCUT2D eigenvalue weighted by Gasteiger charge is -2.39. The maximum absolute atomic E-state index is 12.2. The minimum absolute atomic E-state index is 0.0697. The van der Waals surface area contributed by atoms with E-state index in [4.69, 9.17) is 0 Å². The normalized spacial score (nSPS) is 31.1. The van der Waals surface area contributed by atoms with Crippen LogP contribution in [0.4, 0.5) is 4.79 Å². The molecule has 126 valence electrons. The molecule has 2 amide bonds. The number of fused-ring (bicyclic) bond motifs is 2. The highest BCUT2D eigenvalue weighted by Gasteiger charge is 2.61. The third-order valence-corrected chi connectivity index (χ3v) is 6.71. The van der Waals surface area contributed by atoms with Gasteiger partial charge in [0.05, 0.1) is 0 Å². The van der Waals surface area contributed by atoms with Gasteiger partial charge in [0.1, 0.15) is 5.75 Å². The molecule has 0 spiro atoms. The number of carbonyl (C=O) groups excluding carboxylic acids is 1. The number of phenols is 1. The predicted molar refractivity (Wildman–Crippen MR) is 91.4 cm³/mol. The molecule has 4 heteroatoms. The molecule has 2 bridgehead atoms. The first kappa shape index (κ1) is 16.2. The molecule has 1 aromatic carbocycles. The Labute approximate surface area is 138 Å². The van der Waals surface area contributed by atoms with Crippen molar-refractivity contribution in [2.75, 3.05) is 6.54 Å². The summed E-state index contributed by atoms with van der Waals surface area (Å²) in [4.78, 5) is 12.2. The van der Waals surface area contributed by atoms with Gasteiger partial charge in [-0.05, 0) is 60.1 Å². The summed E-state index contributed by atoms with van der Waals surface area (Å²) in [5.74, 6) is 0.995. The molecule has 0 aromatic heterocycles. The van der Waals surface area contributed by atoms with Crippen molar-refractivity contribution in [1.82, 2.24) is 10.6 Å². The van der Waals surface area contributed by atoms with Gasteiger partial charge in [-0.15, -0.1) is 0 Å². The Kier molecular flexibility index (Phi) is 4.03. The Hall–Kier alpha value is -1.71. The molecule has 3 atom stereocenters. The fourth-order valence-electron chi connectivity index (χ4n) is 4.66.